The summed E-state index contributed by atoms with van der Waals surface area (Å²) in [6, 6.07) is 4.56. The molecule has 2 aromatic rings. The Balaban J connectivity index is 2.63. The third kappa shape index (κ3) is 1.83. The lowest BCUT2D eigenvalue weighted by Crippen LogP contribution is -1.92. The second-order valence-corrected chi connectivity index (χ2v) is 4.28. The van der Waals surface area contributed by atoms with Gasteiger partial charge in [-0.25, -0.2) is 4.39 Å². The fourth-order valence-electron chi connectivity index (χ4n) is 1.57. The molecule has 0 spiro atoms. The SMILES string of the molecule is CC(C)c1conc1-c1c(F)cccc1Cl. The first-order valence-electron chi connectivity index (χ1n) is 5.00. The fraction of sp³-hybridized carbons (Fsp3) is 0.250. The molecule has 84 valence electrons. The number of aromatic nitrogens is 1. The molecule has 0 fully saturated rings. The molecule has 0 unspecified atom stereocenters. The zero-order chi connectivity index (χ0) is 11.7. The zero-order valence-electron chi connectivity index (χ0n) is 9.00. The van der Waals surface area contributed by atoms with Crippen LogP contribution in [0.3, 0.4) is 0 Å². The summed E-state index contributed by atoms with van der Waals surface area (Å²) in [6.45, 7) is 3.98. The van der Waals surface area contributed by atoms with E-state index >= 15 is 0 Å². The molecule has 1 heterocycles. The molecule has 0 saturated heterocycles. The third-order valence-corrected chi connectivity index (χ3v) is 2.73. The average molecular weight is 240 g/mol. The Bertz CT molecular complexity index is 487. The molecule has 4 heteroatoms. The van der Waals surface area contributed by atoms with Gasteiger partial charge in [0.05, 0.1) is 10.6 Å². The van der Waals surface area contributed by atoms with Crippen LogP contribution in [0.1, 0.15) is 25.3 Å². The minimum atomic E-state index is -0.386. The van der Waals surface area contributed by atoms with Gasteiger partial charge in [-0.2, -0.15) is 0 Å². The number of hydrogen-bond donors (Lipinski definition) is 0. The van der Waals surface area contributed by atoms with E-state index in [1.54, 1.807) is 12.1 Å². The van der Waals surface area contributed by atoms with Gasteiger partial charge in [0.2, 0.25) is 0 Å². The summed E-state index contributed by atoms with van der Waals surface area (Å²) >= 11 is 5.98. The van der Waals surface area contributed by atoms with Crippen molar-refractivity contribution in [1.29, 1.82) is 0 Å². The fourth-order valence-corrected chi connectivity index (χ4v) is 1.82. The Morgan fingerprint density at radius 3 is 2.75 bits per heavy atom. The highest BCUT2D eigenvalue weighted by atomic mass is 35.5. The van der Waals surface area contributed by atoms with Gasteiger partial charge in [-0.3, -0.25) is 0 Å². The zero-order valence-corrected chi connectivity index (χ0v) is 9.75. The highest BCUT2D eigenvalue weighted by Gasteiger charge is 2.18. The molecular formula is C12H11ClFNO. The first-order chi connectivity index (χ1) is 7.61. The van der Waals surface area contributed by atoms with Crippen LogP contribution in [0.5, 0.6) is 0 Å². The Labute approximate surface area is 98.0 Å². The summed E-state index contributed by atoms with van der Waals surface area (Å²) < 4.78 is 18.6. The van der Waals surface area contributed by atoms with E-state index in [9.17, 15) is 4.39 Å². The molecule has 0 bridgehead atoms. The van der Waals surface area contributed by atoms with Crippen LogP contribution < -0.4 is 0 Å². The summed E-state index contributed by atoms with van der Waals surface area (Å²) in [5.74, 6) is -0.180. The normalized spacial score (nSPS) is 11.1. The van der Waals surface area contributed by atoms with Gasteiger partial charge in [-0.05, 0) is 18.1 Å². The van der Waals surface area contributed by atoms with Crippen molar-refractivity contribution in [3.05, 3.63) is 40.9 Å². The molecule has 0 N–H and O–H groups in total. The molecule has 2 nitrogen and oxygen atoms in total. The van der Waals surface area contributed by atoms with Crippen LogP contribution >= 0.6 is 11.6 Å². The van der Waals surface area contributed by atoms with Crippen LogP contribution in [0, 0.1) is 5.82 Å². The van der Waals surface area contributed by atoms with E-state index in [-0.39, 0.29) is 11.7 Å². The largest absolute Gasteiger partial charge is 0.364 e. The van der Waals surface area contributed by atoms with Crippen LogP contribution in [0.25, 0.3) is 11.3 Å². The monoisotopic (exact) mass is 239 g/mol. The molecular weight excluding hydrogens is 229 g/mol. The predicted octanol–water partition coefficient (Wildman–Crippen LogP) is 4.26. The van der Waals surface area contributed by atoms with Crippen LogP contribution in [-0.4, -0.2) is 5.16 Å². The van der Waals surface area contributed by atoms with Gasteiger partial charge in [0, 0.05) is 5.56 Å². The Morgan fingerprint density at radius 2 is 2.12 bits per heavy atom. The number of rotatable bonds is 2. The van der Waals surface area contributed by atoms with E-state index in [1.807, 2.05) is 13.8 Å². The molecule has 0 amide bonds. The molecule has 0 saturated carbocycles. The molecule has 0 atom stereocenters. The maximum atomic E-state index is 13.7. The summed E-state index contributed by atoms with van der Waals surface area (Å²) in [4.78, 5) is 0. The number of hydrogen-bond acceptors (Lipinski definition) is 2. The molecule has 0 radical (unpaired) electrons. The molecule has 0 aliphatic rings. The van der Waals surface area contributed by atoms with Crippen molar-refractivity contribution < 1.29 is 8.91 Å². The number of nitrogens with zero attached hydrogens (tertiary/aromatic N) is 1. The predicted molar refractivity (Wildman–Crippen MR) is 61.0 cm³/mol. The van der Waals surface area contributed by atoms with Crippen molar-refractivity contribution in [3.63, 3.8) is 0 Å². The van der Waals surface area contributed by atoms with Gasteiger partial charge in [0.1, 0.15) is 17.8 Å². The topological polar surface area (TPSA) is 26.0 Å². The Kier molecular flexibility index (Phi) is 2.97. The lowest BCUT2D eigenvalue weighted by Gasteiger charge is -2.06. The lowest BCUT2D eigenvalue weighted by molar-refractivity contribution is 0.420. The molecule has 1 aromatic carbocycles. The molecule has 0 aliphatic heterocycles. The minimum absolute atomic E-state index is 0.205. The maximum absolute atomic E-state index is 13.7. The number of benzene rings is 1. The van der Waals surface area contributed by atoms with Crippen LogP contribution in [0.4, 0.5) is 4.39 Å². The molecule has 2 rings (SSSR count). The van der Waals surface area contributed by atoms with Crippen molar-refractivity contribution in [2.45, 2.75) is 19.8 Å². The Hall–Kier alpha value is -1.35. The van der Waals surface area contributed by atoms with Crippen LogP contribution in [0.15, 0.2) is 29.0 Å². The summed E-state index contributed by atoms with van der Waals surface area (Å²) in [6.07, 6.45) is 1.53. The van der Waals surface area contributed by atoms with E-state index in [0.717, 1.165) is 5.56 Å². The smallest absolute Gasteiger partial charge is 0.134 e. The standard InChI is InChI=1S/C12H11ClFNO/c1-7(2)8-6-16-15-12(8)11-9(13)4-3-5-10(11)14/h3-7H,1-2H3. The summed E-state index contributed by atoms with van der Waals surface area (Å²) in [7, 11) is 0. The quantitative estimate of drug-likeness (QED) is 0.783. The van der Waals surface area contributed by atoms with Gasteiger partial charge in [-0.15, -0.1) is 0 Å². The van der Waals surface area contributed by atoms with Crippen LogP contribution in [0.2, 0.25) is 5.02 Å². The van der Waals surface area contributed by atoms with Gasteiger partial charge >= 0.3 is 0 Å². The van der Waals surface area contributed by atoms with Crippen molar-refractivity contribution in [2.24, 2.45) is 0 Å². The third-order valence-electron chi connectivity index (χ3n) is 2.42. The molecule has 16 heavy (non-hydrogen) atoms. The van der Waals surface area contributed by atoms with Gasteiger partial charge < -0.3 is 4.52 Å². The van der Waals surface area contributed by atoms with Crippen molar-refractivity contribution in [2.75, 3.05) is 0 Å². The number of halogens is 2. The van der Waals surface area contributed by atoms with Crippen LogP contribution in [-0.2, 0) is 0 Å². The second-order valence-electron chi connectivity index (χ2n) is 3.87. The minimum Gasteiger partial charge on any atom is -0.364 e. The average Bonchev–Trinajstić information content (AvgIpc) is 2.66. The van der Waals surface area contributed by atoms with Crippen molar-refractivity contribution in [1.82, 2.24) is 5.16 Å². The van der Waals surface area contributed by atoms with Gasteiger partial charge in [0.25, 0.3) is 0 Å². The van der Waals surface area contributed by atoms with E-state index in [2.05, 4.69) is 5.16 Å². The summed E-state index contributed by atoms with van der Waals surface area (Å²) in [5.41, 5.74) is 1.65. The van der Waals surface area contributed by atoms with E-state index in [0.29, 0.717) is 16.3 Å². The first-order valence-corrected chi connectivity index (χ1v) is 5.37. The highest BCUT2D eigenvalue weighted by Crippen LogP contribution is 2.34. The summed E-state index contributed by atoms with van der Waals surface area (Å²) in [5, 5.41) is 4.17. The maximum Gasteiger partial charge on any atom is 0.134 e. The van der Waals surface area contributed by atoms with E-state index in [1.165, 1.54) is 12.3 Å². The second kappa shape index (κ2) is 4.26. The molecule has 0 aliphatic carbocycles. The van der Waals surface area contributed by atoms with E-state index < -0.39 is 0 Å². The first kappa shape index (κ1) is 11.1. The molecule has 1 aromatic heterocycles. The van der Waals surface area contributed by atoms with Gasteiger partial charge in [0.15, 0.2) is 0 Å². The van der Waals surface area contributed by atoms with E-state index in [4.69, 9.17) is 16.1 Å². The highest BCUT2D eigenvalue weighted by molar-refractivity contribution is 6.33. The Morgan fingerprint density at radius 1 is 1.38 bits per heavy atom. The van der Waals surface area contributed by atoms with Gasteiger partial charge in [-0.1, -0.05) is 36.7 Å². The van der Waals surface area contributed by atoms with Crippen molar-refractivity contribution in [3.8, 4) is 11.3 Å². The van der Waals surface area contributed by atoms with Crippen molar-refractivity contribution >= 4 is 11.6 Å². The lowest BCUT2D eigenvalue weighted by atomic mass is 9.99.